The van der Waals surface area contributed by atoms with Crippen LogP contribution in [0.25, 0.3) is 0 Å². The predicted octanol–water partition coefficient (Wildman–Crippen LogP) is -1.70. The molecule has 0 spiro atoms. The maximum absolute atomic E-state index is 10.6. The smallest absolute Gasteiger partial charge is 0.746 e. The Morgan fingerprint density at radius 3 is 2.40 bits per heavy atom. The molecule has 0 bridgehead atoms. The van der Waals surface area contributed by atoms with E-state index in [9.17, 15) is 18.1 Å². The second-order valence-electron chi connectivity index (χ2n) is 2.85. The van der Waals surface area contributed by atoms with Gasteiger partial charge in [0.05, 0.1) is 0 Å². The summed E-state index contributed by atoms with van der Waals surface area (Å²) in [6.45, 7) is 1.62. The Hall–Kier alpha value is 0.570. The van der Waals surface area contributed by atoms with Crippen LogP contribution in [0.1, 0.15) is 16.6 Å². The summed E-state index contributed by atoms with van der Waals surface area (Å²) >= 11 is 3.19. The van der Waals surface area contributed by atoms with Gasteiger partial charge in [-0.2, -0.15) is 0 Å². The third-order valence-electron chi connectivity index (χ3n) is 1.77. The van der Waals surface area contributed by atoms with Gasteiger partial charge in [0.25, 0.3) is 0 Å². The normalized spacial score (nSPS) is 13.1. The van der Waals surface area contributed by atoms with Gasteiger partial charge in [0.1, 0.15) is 10.1 Å². The molecule has 0 aliphatic carbocycles. The fourth-order valence-corrected chi connectivity index (χ4v) is 2.12. The molecule has 4 nitrogen and oxygen atoms in total. The molecule has 1 N–H and O–H groups in total. The first-order valence-corrected chi connectivity index (χ1v) is 5.97. The number of aliphatic hydroxyl groups is 1. The van der Waals surface area contributed by atoms with Crippen LogP contribution in [0.5, 0.6) is 0 Å². The van der Waals surface area contributed by atoms with E-state index in [1.165, 1.54) is 6.07 Å². The molecule has 1 atom stereocenters. The van der Waals surface area contributed by atoms with Gasteiger partial charge in [-0.05, 0) is 30.2 Å². The summed E-state index contributed by atoms with van der Waals surface area (Å²) in [6, 6.07) is 4.60. The van der Waals surface area contributed by atoms with E-state index in [0.29, 0.717) is 5.56 Å². The molecule has 15 heavy (non-hydrogen) atoms. The summed E-state index contributed by atoms with van der Waals surface area (Å²) in [4.78, 5) is 0. The molecule has 0 aliphatic heterocycles. The first kappa shape index (κ1) is 15.6. The van der Waals surface area contributed by atoms with Crippen LogP contribution in [0.4, 0.5) is 0 Å². The molecule has 0 aliphatic rings. The zero-order valence-electron chi connectivity index (χ0n) is 8.27. The fraction of sp³-hybridized carbons (Fsp3) is 0.250. The zero-order valence-corrected chi connectivity index (χ0v) is 12.7. The first-order valence-electron chi connectivity index (χ1n) is 3.71. The van der Waals surface area contributed by atoms with E-state index in [1.807, 2.05) is 0 Å². The molecule has 0 radical (unpaired) electrons. The predicted molar refractivity (Wildman–Crippen MR) is 53.5 cm³/mol. The van der Waals surface area contributed by atoms with Crippen molar-refractivity contribution in [2.45, 2.75) is 12.4 Å². The molecule has 0 saturated heterocycles. The van der Waals surface area contributed by atoms with E-state index in [2.05, 4.69) is 15.9 Å². The van der Waals surface area contributed by atoms with Crippen molar-refractivity contribution in [3.8, 4) is 0 Å². The van der Waals surface area contributed by atoms with E-state index in [1.54, 1.807) is 19.1 Å². The summed E-state index contributed by atoms with van der Waals surface area (Å²) in [5.41, 5.74) is -1.33. The van der Waals surface area contributed by atoms with Crippen LogP contribution in [0.2, 0.25) is 0 Å². The molecule has 1 unspecified atom stereocenters. The molecule has 0 fully saturated rings. The Kier molecular flexibility index (Phi) is 5.99. The Balaban J connectivity index is 0.00000196. The molecule has 1 aromatic rings. The van der Waals surface area contributed by atoms with Crippen LogP contribution >= 0.6 is 15.9 Å². The number of aryl methyl sites for hydroxylation is 1. The Labute approximate surface area is 119 Å². The zero-order chi connectivity index (χ0) is 10.9. The number of hydrogen-bond donors (Lipinski definition) is 1. The molecule has 78 valence electrons. The SMILES string of the molecule is Cc1cc(Br)ccc1C(O)S(=O)(=O)[O-].[Na+]. The number of rotatable bonds is 2. The standard InChI is InChI=1S/C8H9BrO4S.Na/c1-5-4-6(9)2-3-7(5)8(10)14(11,12)13;/h2-4,8,10H,1H3,(H,11,12,13);/q;+1/p-1. The van der Waals surface area contributed by atoms with Crippen LogP contribution < -0.4 is 29.6 Å². The molecule has 0 aromatic heterocycles. The molecule has 7 heteroatoms. The van der Waals surface area contributed by atoms with Gasteiger partial charge in [-0.3, -0.25) is 0 Å². The third kappa shape index (κ3) is 4.14. The maximum atomic E-state index is 10.6. The average Bonchev–Trinajstić information content (AvgIpc) is 2.01. The van der Waals surface area contributed by atoms with Crippen LogP contribution in [0.15, 0.2) is 22.7 Å². The molecule has 1 aromatic carbocycles. The average molecular weight is 303 g/mol. The van der Waals surface area contributed by atoms with Crippen molar-refractivity contribution < 1.29 is 47.6 Å². The number of halogens is 1. The van der Waals surface area contributed by atoms with E-state index in [0.717, 1.165) is 4.47 Å². The number of hydrogen-bond acceptors (Lipinski definition) is 4. The molecule has 0 amide bonds. The van der Waals surface area contributed by atoms with Crippen molar-refractivity contribution in [3.05, 3.63) is 33.8 Å². The molecule has 0 saturated carbocycles. The topological polar surface area (TPSA) is 77.4 Å². The van der Waals surface area contributed by atoms with Gasteiger partial charge < -0.3 is 9.66 Å². The van der Waals surface area contributed by atoms with E-state index in [-0.39, 0.29) is 35.1 Å². The summed E-state index contributed by atoms with van der Waals surface area (Å²) < 4.78 is 32.4. The third-order valence-corrected chi connectivity index (χ3v) is 3.07. The van der Waals surface area contributed by atoms with Gasteiger partial charge in [-0.25, -0.2) is 8.42 Å². The van der Waals surface area contributed by atoms with Gasteiger partial charge in [-0.1, -0.05) is 22.0 Å². The Bertz CT molecular complexity index is 446. The number of benzene rings is 1. The van der Waals surface area contributed by atoms with Gasteiger partial charge >= 0.3 is 29.6 Å². The van der Waals surface area contributed by atoms with Crippen LogP contribution in [0.3, 0.4) is 0 Å². The van der Waals surface area contributed by atoms with Crippen LogP contribution in [-0.4, -0.2) is 18.1 Å². The van der Waals surface area contributed by atoms with Crippen molar-refractivity contribution >= 4 is 26.0 Å². The Morgan fingerprint density at radius 1 is 1.47 bits per heavy atom. The van der Waals surface area contributed by atoms with Crippen LogP contribution in [0, 0.1) is 6.92 Å². The molecule has 0 heterocycles. The van der Waals surface area contributed by atoms with Gasteiger partial charge in [0.15, 0.2) is 5.44 Å². The minimum atomic E-state index is -4.70. The van der Waals surface area contributed by atoms with Crippen molar-refractivity contribution in [2.75, 3.05) is 0 Å². The van der Waals surface area contributed by atoms with Crippen molar-refractivity contribution in [2.24, 2.45) is 0 Å². The monoisotopic (exact) mass is 302 g/mol. The fourth-order valence-electron chi connectivity index (χ4n) is 1.07. The van der Waals surface area contributed by atoms with E-state index >= 15 is 0 Å². The molecular weight excluding hydrogens is 295 g/mol. The quantitative estimate of drug-likeness (QED) is 0.522. The first-order chi connectivity index (χ1) is 6.32. The van der Waals surface area contributed by atoms with E-state index < -0.39 is 15.6 Å². The minimum absolute atomic E-state index is 0. The maximum Gasteiger partial charge on any atom is 1.00 e. The van der Waals surface area contributed by atoms with Gasteiger partial charge in [0, 0.05) is 4.47 Å². The van der Waals surface area contributed by atoms with Crippen molar-refractivity contribution in [3.63, 3.8) is 0 Å². The van der Waals surface area contributed by atoms with Crippen molar-refractivity contribution in [1.29, 1.82) is 0 Å². The second-order valence-corrected chi connectivity index (χ2v) is 5.19. The van der Waals surface area contributed by atoms with Crippen molar-refractivity contribution in [1.82, 2.24) is 0 Å². The second kappa shape index (κ2) is 5.77. The van der Waals surface area contributed by atoms with Gasteiger partial charge in [-0.15, -0.1) is 0 Å². The van der Waals surface area contributed by atoms with Crippen LogP contribution in [-0.2, 0) is 10.1 Å². The minimum Gasteiger partial charge on any atom is -0.746 e. The summed E-state index contributed by atoms with van der Waals surface area (Å²) in [6.07, 6.45) is 0. The summed E-state index contributed by atoms with van der Waals surface area (Å²) in [7, 11) is -4.70. The summed E-state index contributed by atoms with van der Waals surface area (Å²) in [5.74, 6) is 0. The number of aliphatic hydroxyl groups excluding tert-OH is 1. The Morgan fingerprint density at radius 2 is 2.00 bits per heavy atom. The van der Waals surface area contributed by atoms with Gasteiger partial charge in [0.2, 0.25) is 0 Å². The summed E-state index contributed by atoms with van der Waals surface area (Å²) in [5, 5.41) is 9.21. The van der Waals surface area contributed by atoms with E-state index in [4.69, 9.17) is 0 Å². The molecule has 1 rings (SSSR count). The molecular formula is C8H8BrNaO4S. The largest absolute Gasteiger partial charge is 1.00 e.